The van der Waals surface area contributed by atoms with Crippen molar-refractivity contribution in [3.8, 4) is 11.1 Å². The number of para-hydroxylation sites is 3. The Morgan fingerprint density at radius 3 is 2.12 bits per heavy atom. The van der Waals surface area contributed by atoms with Gasteiger partial charge in [0.25, 0.3) is 0 Å². The summed E-state index contributed by atoms with van der Waals surface area (Å²) >= 11 is 0. The van der Waals surface area contributed by atoms with Crippen molar-refractivity contribution in [1.29, 1.82) is 0 Å². The second-order valence-electron chi connectivity index (χ2n) is 17.2. The van der Waals surface area contributed by atoms with Crippen LogP contribution >= 0.6 is 0 Å². The Morgan fingerprint density at radius 2 is 1.32 bits per heavy atom. The van der Waals surface area contributed by atoms with Crippen LogP contribution in [0.5, 0.6) is 0 Å². The van der Waals surface area contributed by atoms with Crippen LogP contribution in [0.3, 0.4) is 0 Å². The van der Waals surface area contributed by atoms with Crippen molar-refractivity contribution >= 4 is 46.7 Å². The number of aryl methyl sites for hydroxylation is 1. The van der Waals surface area contributed by atoms with E-state index in [-0.39, 0.29) is 5.41 Å². The molecule has 2 unspecified atom stereocenters. The second kappa shape index (κ2) is 12.3. The van der Waals surface area contributed by atoms with E-state index in [4.69, 9.17) is 0 Å². The first-order valence-corrected chi connectivity index (χ1v) is 20.8. The molecule has 12 rings (SSSR count). The second-order valence-corrected chi connectivity index (χ2v) is 17.2. The maximum Gasteiger partial charge on any atom is 0.0537 e. The third-order valence-corrected chi connectivity index (χ3v) is 13.7. The Labute approximate surface area is 336 Å². The topological polar surface area (TPSA) is 6.48 Å². The minimum absolute atomic E-state index is 0.0899. The van der Waals surface area contributed by atoms with Gasteiger partial charge in [-0.15, -0.1) is 0 Å². The van der Waals surface area contributed by atoms with Crippen LogP contribution in [0.4, 0.5) is 28.4 Å². The number of hydrogen-bond acceptors (Lipinski definition) is 2. The van der Waals surface area contributed by atoms with Crippen LogP contribution in [0.1, 0.15) is 76.3 Å². The summed E-state index contributed by atoms with van der Waals surface area (Å²) in [4.78, 5) is 5.04. The zero-order valence-electron chi connectivity index (χ0n) is 32.5. The van der Waals surface area contributed by atoms with Gasteiger partial charge in [-0.25, -0.2) is 0 Å². The van der Waals surface area contributed by atoms with Gasteiger partial charge in [0.05, 0.1) is 5.69 Å². The Morgan fingerprint density at radius 1 is 0.614 bits per heavy atom. The van der Waals surface area contributed by atoms with Gasteiger partial charge in [-0.2, -0.15) is 0 Å². The lowest BCUT2D eigenvalue weighted by Crippen LogP contribution is -2.25. The lowest BCUT2D eigenvalue weighted by atomic mass is 9.67. The lowest BCUT2D eigenvalue weighted by molar-refractivity contribution is 0.659. The molecule has 0 saturated heterocycles. The monoisotopic (exact) mass is 732 g/mol. The predicted molar refractivity (Wildman–Crippen MR) is 239 cm³/mol. The third-order valence-electron chi connectivity index (χ3n) is 13.7. The van der Waals surface area contributed by atoms with Gasteiger partial charge >= 0.3 is 0 Å². The number of hydrogen-bond donors (Lipinski definition) is 0. The van der Waals surface area contributed by atoms with Crippen LogP contribution in [0.2, 0.25) is 0 Å². The van der Waals surface area contributed by atoms with Crippen LogP contribution in [-0.4, -0.2) is 6.54 Å². The summed E-state index contributed by atoms with van der Waals surface area (Å²) in [6.45, 7) is 5.87. The smallest absolute Gasteiger partial charge is 0.0537 e. The molecule has 6 aliphatic rings. The number of rotatable bonds is 4. The molecule has 2 heteroatoms. The fourth-order valence-electron chi connectivity index (χ4n) is 10.9. The largest absolute Gasteiger partial charge is 0.341 e. The van der Waals surface area contributed by atoms with Crippen molar-refractivity contribution in [3.05, 3.63) is 213 Å². The highest BCUT2D eigenvalue weighted by Gasteiger charge is 2.38. The minimum atomic E-state index is -0.0899. The lowest BCUT2D eigenvalue weighted by Gasteiger charge is -2.40. The zero-order valence-corrected chi connectivity index (χ0v) is 32.5. The van der Waals surface area contributed by atoms with Crippen molar-refractivity contribution in [2.24, 2.45) is 5.92 Å². The Balaban J connectivity index is 0.887. The summed E-state index contributed by atoms with van der Waals surface area (Å²) in [5, 5.41) is 0. The average molecular weight is 733 g/mol. The van der Waals surface area contributed by atoms with E-state index in [0.29, 0.717) is 11.8 Å². The van der Waals surface area contributed by atoms with Crippen LogP contribution in [0.25, 0.3) is 29.4 Å². The first-order chi connectivity index (χ1) is 28.0. The van der Waals surface area contributed by atoms with E-state index in [2.05, 4.69) is 194 Å². The third kappa shape index (κ3) is 4.89. The molecule has 0 spiro atoms. The Bertz CT molecular complexity index is 2810. The van der Waals surface area contributed by atoms with E-state index in [1.165, 1.54) is 107 Å². The van der Waals surface area contributed by atoms with Crippen LogP contribution in [0, 0.1) is 5.92 Å². The molecule has 2 aliphatic heterocycles. The van der Waals surface area contributed by atoms with Crippen LogP contribution < -0.4 is 9.80 Å². The summed E-state index contributed by atoms with van der Waals surface area (Å²) < 4.78 is 0. The van der Waals surface area contributed by atoms with Gasteiger partial charge in [-0.3, -0.25) is 0 Å². The fourth-order valence-corrected chi connectivity index (χ4v) is 10.9. The Kier molecular flexibility index (Phi) is 7.09. The molecule has 274 valence electrons. The first kappa shape index (κ1) is 32.8. The van der Waals surface area contributed by atoms with Crippen LogP contribution in [-0.2, 0) is 18.3 Å². The van der Waals surface area contributed by atoms with E-state index in [0.717, 1.165) is 19.4 Å². The summed E-state index contributed by atoms with van der Waals surface area (Å²) in [6.07, 6.45) is 22.4. The molecule has 6 aromatic carbocycles. The highest BCUT2D eigenvalue weighted by molar-refractivity contribution is 5.91. The molecular weight excluding hydrogens is 689 g/mol. The van der Waals surface area contributed by atoms with Crippen molar-refractivity contribution in [3.63, 3.8) is 0 Å². The molecular formula is C55H44N2. The SMILES string of the molecule is CC1(C)c2cc(/C=C/C3=C4C=Cc5ccc(N6c7ccccc7Cc7ccccc76)c6c5C4C(C=C3)C=C6)ccc2-c2ccc(N3CCCc4ccccc43)cc21. The summed E-state index contributed by atoms with van der Waals surface area (Å²) in [7, 11) is 0. The zero-order chi connectivity index (χ0) is 37.8. The van der Waals surface area contributed by atoms with Gasteiger partial charge in [0, 0.05) is 58.5 Å². The molecule has 6 aromatic rings. The highest BCUT2D eigenvalue weighted by Crippen LogP contribution is 2.54. The molecule has 0 bridgehead atoms. The van der Waals surface area contributed by atoms with E-state index in [9.17, 15) is 0 Å². The van der Waals surface area contributed by atoms with E-state index < -0.39 is 0 Å². The van der Waals surface area contributed by atoms with Crippen molar-refractivity contribution in [2.45, 2.75) is 44.4 Å². The number of nitrogens with zero attached hydrogens (tertiary/aromatic N) is 2. The average Bonchev–Trinajstić information content (AvgIpc) is 3.48. The molecule has 4 aliphatic carbocycles. The number of fused-ring (bicyclic) bond motifs is 6. The van der Waals surface area contributed by atoms with Gasteiger partial charge in [0.1, 0.15) is 0 Å². The quantitative estimate of drug-likeness (QED) is 0.178. The van der Waals surface area contributed by atoms with Gasteiger partial charge in [-0.1, -0.05) is 147 Å². The van der Waals surface area contributed by atoms with Gasteiger partial charge in [0.2, 0.25) is 0 Å². The Hall–Kier alpha value is -6.38. The number of anilines is 5. The molecule has 0 saturated carbocycles. The fraction of sp³-hybridized carbons (Fsp3) is 0.164. The van der Waals surface area contributed by atoms with E-state index >= 15 is 0 Å². The van der Waals surface area contributed by atoms with Gasteiger partial charge < -0.3 is 9.80 Å². The van der Waals surface area contributed by atoms with Gasteiger partial charge in [-0.05, 0) is 116 Å². The molecule has 0 fully saturated rings. The molecule has 0 radical (unpaired) electrons. The summed E-state index contributed by atoms with van der Waals surface area (Å²) in [5.41, 5.74) is 24.3. The maximum atomic E-state index is 2.53. The number of allylic oxidation sites excluding steroid dienone is 7. The molecule has 2 nitrogen and oxygen atoms in total. The molecule has 2 heterocycles. The normalized spacial score (nSPS) is 19.9. The molecule has 0 N–H and O–H groups in total. The van der Waals surface area contributed by atoms with Crippen molar-refractivity contribution in [2.75, 3.05) is 16.3 Å². The van der Waals surface area contributed by atoms with E-state index in [1.807, 2.05) is 0 Å². The summed E-state index contributed by atoms with van der Waals surface area (Å²) in [5.74, 6) is 0.631. The first-order valence-electron chi connectivity index (χ1n) is 20.8. The predicted octanol–water partition coefficient (Wildman–Crippen LogP) is 13.8. The van der Waals surface area contributed by atoms with Gasteiger partial charge in [0.15, 0.2) is 0 Å². The number of benzene rings is 6. The summed E-state index contributed by atoms with van der Waals surface area (Å²) in [6, 6.07) is 45.8. The molecule has 0 amide bonds. The standard InChI is InChI=1S/C55H44N2/c1-55(2)47-32-35(18-26-44(47)45-29-25-42(34-48(45)55)56-31-9-13-37-10-3-6-14-49(37)56)17-19-36-20-21-38-23-28-46-52(30-24-39-22-27-43(36)53(38)54(39)46)57-50-15-7-4-11-40(50)33-41-12-5-8-16-51(41)57/h3-8,10-12,14-30,32,34,38,53H,9,13,31,33H2,1-2H3/b19-17+. The maximum absolute atomic E-state index is 2.53. The minimum Gasteiger partial charge on any atom is -0.341 e. The highest BCUT2D eigenvalue weighted by atomic mass is 15.2. The molecule has 2 atom stereocenters. The van der Waals surface area contributed by atoms with Crippen molar-refractivity contribution in [1.82, 2.24) is 0 Å². The van der Waals surface area contributed by atoms with E-state index in [1.54, 1.807) is 0 Å². The van der Waals surface area contributed by atoms with Crippen molar-refractivity contribution < 1.29 is 0 Å². The van der Waals surface area contributed by atoms with Crippen LogP contribution in [0.15, 0.2) is 163 Å². The molecule has 0 aromatic heterocycles. The molecule has 57 heavy (non-hydrogen) atoms.